The second-order valence-corrected chi connectivity index (χ2v) is 6.04. The van der Waals surface area contributed by atoms with Gasteiger partial charge in [-0.15, -0.1) is 0 Å². The molecular formula is C9H5BrCl2N2S. The smallest absolute Gasteiger partial charge is 0.188 e. The lowest BCUT2D eigenvalue weighted by Crippen LogP contribution is -1.88. The lowest BCUT2D eigenvalue weighted by molar-refractivity contribution is 1.38. The third-order valence-corrected chi connectivity index (χ3v) is 3.42. The van der Waals surface area contributed by atoms with Crippen molar-refractivity contribution in [3.05, 3.63) is 38.2 Å². The van der Waals surface area contributed by atoms with Crippen LogP contribution in [0.3, 0.4) is 0 Å². The number of hydrogen-bond acceptors (Lipinski definition) is 3. The molecule has 1 aromatic heterocycles. The van der Waals surface area contributed by atoms with Crippen molar-refractivity contribution in [2.45, 2.75) is 0 Å². The van der Waals surface area contributed by atoms with Crippen LogP contribution in [0.25, 0.3) is 0 Å². The molecule has 0 amide bonds. The monoisotopic (exact) mass is 322 g/mol. The number of thiazole rings is 1. The van der Waals surface area contributed by atoms with Gasteiger partial charge in [0, 0.05) is 15.7 Å². The molecule has 0 aliphatic heterocycles. The van der Waals surface area contributed by atoms with Crippen molar-refractivity contribution in [2.75, 3.05) is 5.32 Å². The molecule has 0 radical (unpaired) electrons. The van der Waals surface area contributed by atoms with Gasteiger partial charge in [0.05, 0.1) is 9.98 Å². The Kier molecular flexibility index (Phi) is 3.51. The SMILES string of the molecule is Clc1cc(Cl)cc(Nc2ncc(Br)s2)c1. The number of benzene rings is 1. The van der Waals surface area contributed by atoms with Crippen molar-refractivity contribution in [3.63, 3.8) is 0 Å². The van der Waals surface area contributed by atoms with Crippen molar-refractivity contribution < 1.29 is 0 Å². The Balaban J connectivity index is 2.24. The van der Waals surface area contributed by atoms with E-state index in [9.17, 15) is 0 Å². The molecule has 1 N–H and O–H groups in total. The predicted octanol–water partition coefficient (Wildman–Crippen LogP) is 4.96. The van der Waals surface area contributed by atoms with E-state index in [0.717, 1.165) is 14.6 Å². The minimum atomic E-state index is 0.598. The van der Waals surface area contributed by atoms with Gasteiger partial charge in [0.15, 0.2) is 5.13 Å². The molecule has 0 atom stereocenters. The molecule has 2 rings (SSSR count). The number of nitrogens with zero attached hydrogens (tertiary/aromatic N) is 1. The number of nitrogens with one attached hydrogen (secondary N) is 1. The quantitative estimate of drug-likeness (QED) is 0.845. The Hall–Kier alpha value is -0.290. The van der Waals surface area contributed by atoms with Gasteiger partial charge >= 0.3 is 0 Å². The molecule has 0 fully saturated rings. The first kappa shape index (κ1) is 11.2. The van der Waals surface area contributed by atoms with Crippen molar-refractivity contribution >= 4 is 61.3 Å². The first-order valence-electron chi connectivity index (χ1n) is 3.98. The van der Waals surface area contributed by atoms with E-state index in [1.807, 2.05) is 0 Å². The summed E-state index contributed by atoms with van der Waals surface area (Å²) >= 11 is 16.6. The van der Waals surface area contributed by atoms with Gasteiger partial charge in [0.1, 0.15) is 0 Å². The van der Waals surface area contributed by atoms with Gasteiger partial charge in [-0.3, -0.25) is 0 Å². The maximum absolute atomic E-state index is 5.87. The fraction of sp³-hybridized carbons (Fsp3) is 0. The number of hydrogen-bond donors (Lipinski definition) is 1. The van der Waals surface area contributed by atoms with E-state index in [0.29, 0.717) is 10.0 Å². The summed E-state index contributed by atoms with van der Waals surface area (Å²) < 4.78 is 0.970. The number of aromatic nitrogens is 1. The predicted molar refractivity (Wildman–Crippen MR) is 69.6 cm³/mol. The van der Waals surface area contributed by atoms with Gasteiger partial charge in [-0.05, 0) is 34.1 Å². The molecule has 0 spiro atoms. The van der Waals surface area contributed by atoms with Gasteiger partial charge in [0.2, 0.25) is 0 Å². The maximum Gasteiger partial charge on any atom is 0.188 e. The highest BCUT2D eigenvalue weighted by Gasteiger charge is 2.02. The van der Waals surface area contributed by atoms with E-state index >= 15 is 0 Å². The first-order valence-corrected chi connectivity index (χ1v) is 6.34. The molecule has 78 valence electrons. The molecular weight excluding hydrogens is 319 g/mol. The Morgan fingerprint density at radius 2 is 1.87 bits per heavy atom. The highest BCUT2D eigenvalue weighted by molar-refractivity contribution is 9.11. The van der Waals surface area contributed by atoms with Crippen LogP contribution in [-0.4, -0.2) is 4.98 Å². The summed E-state index contributed by atoms with van der Waals surface area (Å²) in [4.78, 5) is 4.14. The number of halogens is 3. The zero-order chi connectivity index (χ0) is 10.8. The Morgan fingerprint density at radius 1 is 1.20 bits per heavy atom. The van der Waals surface area contributed by atoms with E-state index < -0.39 is 0 Å². The minimum Gasteiger partial charge on any atom is -0.331 e. The summed E-state index contributed by atoms with van der Waals surface area (Å²) in [6.45, 7) is 0. The van der Waals surface area contributed by atoms with Crippen molar-refractivity contribution in [2.24, 2.45) is 0 Å². The summed E-state index contributed by atoms with van der Waals surface area (Å²) in [7, 11) is 0. The molecule has 0 aliphatic rings. The molecule has 0 unspecified atom stereocenters. The van der Waals surface area contributed by atoms with Gasteiger partial charge in [-0.25, -0.2) is 4.98 Å². The van der Waals surface area contributed by atoms with Crippen LogP contribution >= 0.6 is 50.5 Å². The normalized spacial score (nSPS) is 10.3. The van der Waals surface area contributed by atoms with E-state index in [2.05, 4.69) is 26.2 Å². The lowest BCUT2D eigenvalue weighted by Gasteiger charge is -2.03. The third kappa shape index (κ3) is 3.08. The lowest BCUT2D eigenvalue weighted by atomic mass is 10.3. The molecule has 0 saturated heterocycles. The van der Waals surface area contributed by atoms with Crippen LogP contribution in [0.5, 0.6) is 0 Å². The van der Waals surface area contributed by atoms with E-state index in [-0.39, 0.29) is 0 Å². The highest BCUT2D eigenvalue weighted by Crippen LogP contribution is 2.29. The van der Waals surface area contributed by atoms with E-state index in [4.69, 9.17) is 23.2 Å². The molecule has 0 bridgehead atoms. The van der Waals surface area contributed by atoms with E-state index in [1.54, 1.807) is 24.4 Å². The Bertz CT molecular complexity index is 466. The van der Waals surface area contributed by atoms with Gasteiger partial charge in [-0.1, -0.05) is 34.5 Å². The third-order valence-electron chi connectivity index (χ3n) is 1.59. The van der Waals surface area contributed by atoms with Gasteiger partial charge in [-0.2, -0.15) is 0 Å². The zero-order valence-electron chi connectivity index (χ0n) is 7.30. The molecule has 1 aromatic carbocycles. The van der Waals surface area contributed by atoms with Crippen molar-refractivity contribution in [1.29, 1.82) is 0 Å². The van der Waals surface area contributed by atoms with Crippen LogP contribution in [-0.2, 0) is 0 Å². The van der Waals surface area contributed by atoms with Gasteiger partial charge in [0.25, 0.3) is 0 Å². The van der Waals surface area contributed by atoms with Crippen molar-refractivity contribution in [3.8, 4) is 0 Å². The van der Waals surface area contributed by atoms with Crippen LogP contribution in [0.1, 0.15) is 0 Å². The summed E-state index contributed by atoms with van der Waals surface area (Å²) in [5, 5.41) is 5.10. The summed E-state index contributed by atoms with van der Waals surface area (Å²) in [5.74, 6) is 0. The fourth-order valence-corrected chi connectivity index (χ4v) is 2.71. The van der Waals surface area contributed by atoms with Gasteiger partial charge < -0.3 is 5.32 Å². The van der Waals surface area contributed by atoms with Crippen LogP contribution in [0.15, 0.2) is 28.2 Å². The van der Waals surface area contributed by atoms with Crippen LogP contribution in [0.2, 0.25) is 10.0 Å². The molecule has 6 heteroatoms. The average Bonchev–Trinajstić information content (AvgIpc) is 2.49. The zero-order valence-corrected chi connectivity index (χ0v) is 11.2. The standard InChI is InChI=1S/C9H5BrCl2N2S/c10-8-4-13-9(15-8)14-7-2-5(11)1-6(12)3-7/h1-4H,(H,13,14). The molecule has 0 aliphatic carbocycles. The molecule has 0 saturated carbocycles. The largest absolute Gasteiger partial charge is 0.331 e. The number of anilines is 2. The second-order valence-electron chi connectivity index (χ2n) is 2.75. The Labute approximate surface area is 109 Å². The van der Waals surface area contributed by atoms with Crippen LogP contribution in [0, 0.1) is 0 Å². The summed E-state index contributed by atoms with van der Waals surface area (Å²) in [6.07, 6.45) is 1.74. The maximum atomic E-state index is 5.87. The number of rotatable bonds is 2. The molecule has 15 heavy (non-hydrogen) atoms. The highest BCUT2D eigenvalue weighted by atomic mass is 79.9. The Morgan fingerprint density at radius 3 is 2.40 bits per heavy atom. The van der Waals surface area contributed by atoms with Crippen LogP contribution < -0.4 is 5.32 Å². The van der Waals surface area contributed by atoms with Crippen molar-refractivity contribution in [1.82, 2.24) is 4.98 Å². The molecule has 2 nitrogen and oxygen atoms in total. The minimum absolute atomic E-state index is 0.598. The molecule has 1 heterocycles. The fourth-order valence-electron chi connectivity index (χ4n) is 1.06. The van der Waals surface area contributed by atoms with E-state index in [1.165, 1.54) is 11.3 Å². The second kappa shape index (κ2) is 4.70. The summed E-state index contributed by atoms with van der Waals surface area (Å²) in [6, 6.07) is 5.28. The average molecular weight is 324 g/mol. The summed E-state index contributed by atoms with van der Waals surface area (Å²) in [5.41, 5.74) is 0.828. The first-order chi connectivity index (χ1) is 7.13. The van der Waals surface area contributed by atoms with Crippen LogP contribution in [0.4, 0.5) is 10.8 Å². The topological polar surface area (TPSA) is 24.9 Å². The molecule has 2 aromatic rings.